The summed E-state index contributed by atoms with van der Waals surface area (Å²) in [5, 5.41) is 8.94. The van der Waals surface area contributed by atoms with E-state index in [9.17, 15) is 4.79 Å². The molecule has 1 aromatic rings. The lowest BCUT2D eigenvalue weighted by Gasteiger charge is -2.32. The van der Waals surface area contributed by atoms with Crippen molar-refractivity contribution in [1.82, 2.24) is 14.4 Å². The first-order valence-corrected chi connectivity index (χ1v) is 7.97. The van der Waals surface area contributed by atoms with Crippen LogP contribution in [-0.2, 0) is 23.1 Å². The van der Waals surface area contributed by atoms with Gasteiger partial charge in [0.1, 0.15) is 6.10 Å². The first kappa shape index (κ1) is 17.0. The van der Waals surface area contributed by atoms with E-state index < -0.39 is 5.97 Å². The lowest BCUT2D eigenvalue weighted by atomic mass is 10.2. The Balaban J connectivity index is 2.06. The summed E-state index contributed by atoms with van der Waals surface area (Å²) in [7, 11) is 2.06. The molecule has 0 amide bonds. The normalized spacial score (nSPS) is 19.7. The summed E-state index contributed by atoms with van der Waals surface area (Å²) in [6, 6.07) is 4.25. The SMILES string of the molecule is CCN(CC)Cc1ccc(C2CN(CC(=O)O)CCO2)n1C. The van der Waals surface area contributed by atoms with E-state index in [0.29, 0.717) is 19.7 Å². The number of nitrogens with zero attached hydrogens (tertiary/aromatic N) is 3. The fourth-order valence-electron chi connectivity index (χ4n) is 2.95. The molecule has 1 fully saturated rings. The van der Waals surface area contributed by atoms with Crippen molar-refractivity contribution < 1.29 is 14.6 Å². The third-order valence-electron chi connectivity index (χ3n) is 4.38. The molecule has 1 aliphatic heterocycles. The van der Waals surface area contributed by atoms with Crippen LogP contribution < -0.4 is 0 Å². The Bertz CT molecular complexity index is 497. The molecule has 22 heavy (non-hydrogen) atoms. The number of aromatic nitrogens is 1. The van der Waals surface area contributed by atoms with Gasteiger partial charge in [-0.2, -0.15) is 0 Å². The minimum Gasteiger partial charge on any atom is -0.480 e. The van der Waals surface area contributed by atoms with Crippen LogP contribution in [-0.4, -0.2) is 64.8 Å². The fraction of sp³-hybridized carbons (Fsp3) is 0.688. The number of hydrogen-bond donors (Lipinski definition) is 1. The Labute approximate surface area is 132 Å². The maximum absolute atomic E-state index is 10.9. The van der Waals surface area contributed by atoms with Crippen LogP contribution in [0.4, 0.5) is 0 Å². The van der Waals surface area contributed by atoms with Gasteiger partial charge in [0.25, 0.3) is 0 Å². The number of ether oxygens (including phenoxy) is 1. The Kier molecular flexibility index (Phi) is 5.99. The molecular weight excluding hydrogens is 282 g/mol. The van der Waals surface area contributed by atoms with Gasteiger partial charge in [-0.05, 0) is 25.2 Å². The summed E-state index contributed by atoms with van der Waals surface area (Å²) < 4.78 is 8.05. The molecule has 124 valence electrons. The van der Waals surface area contributed by atoms with E-state index in [4.69, 9.17) is 9.84 Å². The molecule has 1 atom stereocenters. The standard InChI is InChI=1S/C16H27N3O3/c1-4-18(5-2)10-13-6-7-14(17(13)3)15-11-19(8-9-22-15)12-16(20)21/h6-7,15H,4-5,8-12H2,1-3H3,(H,20,21). The van der Waals surface area contributed by atoms with Crippen LogP contribution in [0.3, 0.4) is 0 Å². The second-order valence-corrected chi connectivity index (χ2v) is 5.76. The molecule has 0 aromatic carbocycles. The number of rotatable bonds is 7. The van der Waals surface area contributed by atoms with Gasteiger partial charge in [-0.15, -0.1) is 0 Å². The first-order valence-electron chi connectivity index (χ1n) is 7.97. The molecule has 6 heteroatoms. The molecular formula is C16H27N3O3. The van der Waals surface area contributed by atoms with Crippen LogP contribution in [0, 0.1) is 0 Å². The van der Waals surface area contributed by atoms with Gasteiger partial charge in [0.05, 0.1) is 13.2 Å². The van der Waals surface area contributed by atoms with Gasteiger partial charge in [0.15, 0.2) is 0 Å². The minimum atomic E-state index is -0.783. The highest BCUT2D eigenvalue weighted by Gasteiger charge is 2.25. The zero-order valence-electron chi connectivity index (χ0n) is 13.8. The molecule has 0 bridgehead atoms. The van der Waals surface area contributed by atoms with E-state index in [2.05, 4.69) is 42.5 Å². The summed E-state index contributed by atoms with van der Waals surface area (Å²) in [6.07, 6.45) is -0.0523. The van der Waals surface area contributed by atoms with Gasteiger partial charge in [-0.1, -0.05) is 13.8 Å². The summed E-state index contributed by atoms with van der Waals surface area (Å²) in [4.78, 5) is 15.2. The summed E-state index contributed by atoms with van der Waals surface area (Å²) in [6.45, 7) is 9.30. The van der Waals surface area contributed by atoms with Crippen LogP contribution >= 0.6 is 0 Å². The molecule has 1 saturated heterocycles. The van der Waals surface area contributed by atoms with Crippen LogP contribution in [0.5, 0.6) is 0 Å². The van der Waals surface area contributed by atoms with Gasteiger partial charge in [0, 0.05) is 38.1 Å². The predicted octanol–water partition coefficient (Wildman–Crippen LogP) is 1.32. The monoisotopic (exact) mass is 309 g/mol. The van der Waals surface area contributed by atoms with Crippen molar-refractivity contribution in [3.05, 3.63) is 23.5 Å². The Morgan fingerprint density at radius 2 is 2.14 bits per heavy atom. The highest BCUT2D eigenvalue weighted by molar-refractivity contribution is 5.69. The topological polar surface area (TPSA) is 57.9 Å². The number of carbonyl (C=O) groups is 1. The van der Waals surface area contributed by atoms with Crippen molar-refractivity contribution in [1.29, 1.82) is 0 Å². The maximum atomic E-state index is 10.9. The van der Waals surface area contributed by atoms with E-state index in [1.807, 2.05) is 4.90 Å². The van der Waals surface area contributed by atoms with Crippen LogP contribution in [0.15, 0.2) is 12.1 Å². The van der Waals surface area contributed by atoms with Gasteiger partial charge >= 0.3 is 5.97 Å². The number of carboxylic acids is 1. The molecule has 0 aliphatic carbocycles. The molecule has 1 aromatic heterocycles. The molecule has 6 nitrogen and oxygen atoms in total. The van der Waals surface area contributed by atoms with E-state index in [0.717, 1.165) is 25.3 Å². The number of morpholine rings is 1. The predicted molar refractivity (Wildman–Crippen MR) is 84.8 cm³/mol. The average molecular weight is 309 g/mol. The summed E-state index contributed by atoms with van der Waals surface area (Å²) >= 11 is 0. The Morgan fingerprint density at radius 3 is 2.77 bits per heavy atom. The van der Waals surface area contributed by atoms with E-state index >= 15 is 0 Å². The molecule has 0 spiro atoms. The van der Waals surface area contributed by atoms with Crippen molar-refractivity contribution in [2.24, 2.45) is 7.05 Å². The van der Waals surface area contributed by atoms with Gasteiger partial charge in [-0.3, -0.25) is 14.6 Å². The Morgan fingerprint density at radius 1 is 1.41 bits per heavy atom. The lowest BCUT2D eigenvalue weighted by molar-refractivity contribution is -0.140. The number of aliphatic carboxylic acids is 1. The average Bonchev–Trinajstić information content (AvgIpc) is 2.85. The van der Waals surface area contributed by atoms with Crippen molar-refractivity contribution >= 4 is 5.97 Å². The maximum Gasteiger partial charge on any atom is 0.317 e. The van der Waals surface area contributed by atoms with Crippen molar-refractivity contribution in [3.63, 3.8) is 0 Å². The number of carboxylic acid groups (broad SMARTS) is 1. The zero-order valence-corrected chi connectivity index (χ0v) is 13.8. The molecule has 0 saturated carbocycles. The molecule has 2 rings (SSSR count). The van der Waals surface area contributed by atoms with Crippen LogP contribution in [0.25, 0.3) is 0 Å². The summed E-state index contributed by atoms with van der Waals surface area (Å²) in [5.41, 5.74) is 2.38. The van der Waals surface area contributed by atoms with Gasteiger partial charge in [-0.25, -0.2) is 0 Å². The van der Waals surface area contributed by atoms with E-state index in [-0.39, 0.29) is 12.6 Å². The second kappa shape index (κ2) is 7.76. The van der Waals surface area contributed by atoms with Crippen LogP contribution in [0.1, 0.15) is 31.3 Å². The fourth-order valence-corrected chi connectivity index (χ4v) is 2.95. The molecule has 1 N–H and O–H groups in total. The van der Waals surface area contributed by atoms with Crippen LogP contribution in [0.2, 0.25) is 0 Å². The molecule has 1 unspecified atom stereocenters. The quantitative estimate of drug-likeness (QED) is 0.823. The molecule has 1 aliphatic rings. The minimum absolute atomic E-state index is 0.0523. The third-order valence-corrected chi connectivity index (χ3v) is 4.38. The largest absolute Gasteiger partial charge is 0.480 e. The first-order chi connectivity index (χ1) is 10.5. The highest BCUT2D eigenvalue weighted by Crippen LogP contribution is 2.24. The molecule has 0 radical (unpaired) electrons. The lowest BCUT2D eigenvalue weighted by Crippen LogP contribution is -2.41. The van der Waals surface area contributed by atoms with E-state index in [1.54, 1.807) is 0 Å². The third kappa shape index (κ3) is 4.09. The Hall–Kier alpha value is -1.37. The van der Waals surface area contributed by atoms with Crippen molar-refractivity contribution in [3.8, 4) is 0 Å². The smallest absolute Gasteiger partial charge is 0.317 e. The van der Waals surface area contributed by atoms with Crippen molar-refractivity contribution in [2.75, 3.05) is 39.3 Å². The zero-order chi connectivity index (χ0) is 16.1. The van der Waals surface area contributed by atoms with Crippen molar-refractivity contribution in [2.45, 2.75) is 26.5 Å². The second-order valence-electron chi connectivity index (χ2n) is 5.76. The van der Waals surface area contributed by atoms with Gasteiger partial charge in [0.2, 0.25) is 0 Å². The number of hydrogen-bond acceptors (Lipinski definition) is 4. The highest BCUT2D eigenvalue weighted by atomic mass is 16.5. The summed E-state index contributed by atoms with van der Waals surface area (Å²) in [5.74, 6) is -0.783. The van der Waals surface area contributed by atoms with Gasteiger partial charge < -0.3 is 14.4 Å². The molecule has 2 heterocycles. The van der Waals surface area contributed by atoms with E-state index in [1.165, 1.54) is 5.69 Å².